The van der Waals surface area contributed by atoms with Crippen LogP contribution in [0.3, 0.4) is 0 Å². The van der Waals surface area contributed by atoms with Crippen LogP contribution in [0.4, 0.5) is 0 Å². The molecule has 132 valence electrons. The molecule has 0 aliphatic carbocycles. The molecule has 0 unspecified atom stereocenters. The normalized spacial score (nSPS) is 31.4. The average molecular weight is 367 g/mol. The lowest BCUT2D eigenvalue weighted by Gasteiger charge is -2.46. The van der Waals surface area contributed by atoms with Crippen LogP contribution in [0.15, 0.2) is 0 Å². The van der Waals surface area contributed by atoms with E-state index >= 15 is 0 Å². The highest BCUT2D eigenvalue weighted by Crippen LogP contribution is 2.29. The standard InChI is InChI=1S/C14H34O5Si3/c1-20(2,3)17-11-10-16-14(15)13(19-22(7,8)9)12(11)18-21(4,5)6/h11-15H,10H2,1-9H3/t11-,12+,13+,14+/m0/s1. The zero-order valence-electron chi connectivity index (χ0n) is 15.6. The molecule has 1 rings (SSSR count). The quantitative estimate of drug-likeness (QED) is 0.732. The second kappa shape index (κ2) is 7.14. The summed E-state index contributed by atoms with van der Waals surface area (Å²) in [4.78, 5) is 0. The van der Waals surface area contributed by atoms with Gasteiger partial charge in [-0.25, -0.2) is 0 Å². The molecule has 0 amide bonds. The number of aliphatic hydroxyl groups excluding tert-OH is 1. The third kappa shape index (κ3) is 7.35. The highest BCUT2D eigenvalue weighted by molar-refractivity contribution is 6.70. The van der Waals surface area contributed by atoms with E-state index in [2.05, 4.69) is 58.9 Å². The van der Waals surface area contributed by atoms with Gasteiger partial charge in [-0.3, -0.25) is 0 Å². The first-order chi connectivity index (χ1) is 9.68. The van der Waals surface area contributed by atoms with Gasteiger partial charge in [-0.2, -0.15) is 0 Å². The van der Waals surface area contributed by atoms with Crippen LogP contribution in [0.5, 0.6) is 0 Å². The van der Waals surface area contributed by atoms with Crippen LogP contribution in [0, 0.1) is 0 Å². The monoisotopic (exact) mass is 366 g/mol. The molecule has 1 heterocycles. The third-order valence-electron chi connectivity index (χ3n) is 2.89. The number of hydrogen-bond donors (Lipinski definition) is 1. The van der Waals surface area contributed by atoms with Gasteiger partial charge < -0.3 is 23.1 Å². The van der Waals surface area contributed by atoms with Crippen LogP contribution >= 0.6 is 0 Å². The predicted molar refractivity (Wildman–Crippen MR) is 96.6 cm³/mol. The lowest BCUT2D eigenvalue weighted by atomic mass is 10.1. The van der Waals surface area contributed by atoms with Gasteiger partial charge in [0.2, 0.25) is 0 Å². The number of aliphatic hydroxyl groups is 1. The molecule has 1 saturated heterocycles. The van der Waals surface area contributed by atoms with Gasteiger partial charge in [0.25, 0.3) is 0 Å². The topological polar surface area (TPSA) is 57.2 Å². The first-order valence-electron chi connectivity index (χ1n) is 8.01. The van der Waals surface area contributed by atoms with Crippen molar-refractivity contribution < 1.29 is 23.1 Å². The smallest absolute Gasteiger partial charge is 0.184 e. The summed E-state index contributed by atoms with van der Waals surface area (Å²) < 4.78 is 24.3. The molecule has 0 aromatic heterocycles. The Labute approximate surface area is 138 Å². The fourth-order valence-electron chi connectivity index (χ4n) is 2.40. The van der Waals surface area contributed by atoms with E-state index in [4.69, 9.17) is 18.0 Å². The Kier molecular flexibility index (Phi) is 6.65. The Bertz CT molecular complexity index is 359. The Morgan fingerprint density at radius 3 is 1.55 bits per heavy atom. The molecule has 1 N–H and O–H groups in total. The van der Waals surface area contributed by atoms with Crippen molar-refractivity contribution in [2.45, 2.75) is 83.5 Å². The molecule has 1 aliphatic rings. The number of ether oxygens (including phenoxy) is 1. The minimum absolute atomic E-state index is 0.178. The van der Waals surface area contributed by atoms with Gasteiger partial charge in [-0.15, -0.1) is 0 Å². The van der Waals surface area contributed by atoms with E-state index in [0.29, 0.717) is 6.61 Å². The first kappa shape index (κ1) is 20.5. The highest BCUT2D eigenvalue weighted by Gasteiger charge is 2.46. The second-order valence-corrected chi connectivity index (χ2v) is 22.3. The van der Waals surface area contributed by atoms with Gasteiger partial charge in [-0.1, -0.05) is 0 Å². The van der Waals surface area contributed by atoms with Crippen molar-refractivity contribution in [3.63, 3.8) is 0 Å². The van der Waals surface area contributed by atoms with Crippen molar-refractivity contribution in [1.82, 2.24) is 0 Å². The molecule has 4 atom stereocenters. The average Bonchev–Trinajstić information content (AvgIpc) is 2.22. The van der Waals surface area contributed by atoms with Crippen molar-refractivity contribution >= 4 is 25.0 Å². The molecule has 0 aromatic rings. The van der Waals surface area contributed by atoms with E-state index in [9.17, 15) is 5.11 Å². The minimum atomic E-state index is -1.84. The second-order valence-electron chi connectivity index (χ2n) is 8.88. The maximum Gasteiger partial charge on any atom is 0.184 e. The summed E-state index contributed by atoms with van der Waals surface area (Å²) in [5.41, 5.74) is 0. The van der Waals surface area contributed by atoms with Gasteiger partial charge in [0.05, 0.1) is 12.7 Å². The molecule has 0 saturated carbocycles. The summed E-state index contributed by atoms with van der Waals surface area (Å²) in [6, 6.07) is 0. The van der Waals surface area contributed by atoms with Crippen molar-refractivity contribution in [1.29, 1.82) is 0 Å². The maximum absolute atomic E-state index is 10.3. The summed E-state index contributed by atoms with van der Waals surface area (Å²) in [6.07, 6.45) is -1.87. The molecular formula is C14H34O5Si3. The van der Waals surface area contributed by atoms with E-state index in [-0.39, 0.29) is 12.2 Å². The van der Waals surface area contributed by atoms with E-state index < -0.39 is 37.3 Å². The van der Waals surface area contributed by atoms with Gasteiger partial charge in [0.15, 0.2) is 31.2 Å². The highest BCUT2D eigenvalue weighted by atomic mass is 28.4. The number of rotatable bonds is 6. The molecule has 5 nitrogen and oxygen atoms in total. The summed E-state index contributed by atoms with van der Waals surface area (Å²) in [6.45, 7) is 19.6. The predicted octanol–water partition coefficient (Wildman–Crippen LogP) is 3.00. The molecular weight excluding hydrogens is 332 g/mol. The fourth-order valence-corrected chi connectivity index (χ4v) is 5.68. The number of hydrogen-bond acceptors (Lipinski definition) is 5. The van der Waals surface area contributed by atoms with Gasteiger partial charge in [-0.05, 0) is 58.9 Å². The van der Waals surface area contributed by atoms with Crippen LogP contribution in [0.2, 0.25) is 58.9 Å². The Hall–Kier alpha value is 0.451. The molecule has 0 radical (unpaired) electrons. The van der Waals surface area contributed by atoms with Crippen molar-refractivity contribution in [3.8, 4) is 0 Å². The maximum atomic E-state index is 10.3. The summed E-state index contributed by atoms with van der Waals surface area (Å²) in [7, 11) is -5.39. The van der Waals surface area contributed by atoms with Crippen LogP contribution < -0.4 is 0 Å². The van der Waals surface area contributed by atoms with Crippen molar-refractivity contribution in [3.05, 3.63) is 0 Å². The molecule has 1 aliphatic heterocycles. The van der Waals surface area contributed by atoms with Crippen LogP contribution in [0.25, 0.3) is 0 Å². The molecule has 22 heavy (non-hydrogen) atoms. The molecule has 1 fully saturated rings. The fraction of sp³-hybridized carbons (Fsp3) is 1.00. The summed E-state index contributed by atoms with van der Waals surface area (Å²) >= 11 is 0. The van der Waals surface area contributed by atoms with Gasteiger partial charge in [0, 0.05) is 0 Å². The van der Waals surface area contributed by atoms with Crippen molar-refractivity contribution in [2.24, 2.45) is 0 Å². The summed E-state index contributed by atoms with van der Waals surface area (Å²) in [5.74, 6) is 0. The lowest BCUT2D eigenvalue weighted by molar-refractivity contribution is -0.240. The van der Waals surface area contributed by atoms with E-state index in [1.165, 1.54) is 0 Å². The Morgan fingerprint density at radius 2 is 1.14 bits per heavy atom. The largest absolute Gasteiger partial charge is 0.410 e. The van der Waals surface area contributed by atoms with Gasteiger partial charge in [0.1, 0.15) is 12.2 Å². The Balaban J connectivity index is 3.01. The van der Waals surface area contributed by atoms with E-state index in [1.807, 2.05) is 0 Å². The van der Waals surface area contributed by atoms with E-state index in [1.54, 1.807) is 0 Å². The zero-order chi connectivity index (χ0) is 17.3. The molecule has 0 aromatic carbocycles. The SMILES string of the molecule is C[Si](C)(C)O[C@@H]1[C@H](O[Si](C)(C)C)[C@@H](O[Si](C)(C)C)CO[C@H]1O. The van der Waals surface area contributed by atoms with Crippen molar-refractivity contribution in [2.75, 3.05) is 6.61 Å². The molecule has 0 bridgehead atoms. The van der Waals surface area contributed by atoms with E-state index in [0.717, 1.165) is 0 Å². The summed E-state index contributed by atoms with van der Waals surface area (Å²) in [5, 5.41) is 10.3. The Morgan fingerprint density at radius 1 is 0.727 bits per heavy atom. The van der Waals surface area contributed by atoms with Gasteiger partial charge >= 0.3 is 0 Å². The minimum Gasteiger partial charge on any atom is -0.410 e. The van der Waals surface area contributed by atoms with Crippen LogP contribution in [-0.4, -0.2) is 61.3 Å². The van der Waals surface area contributed by atoms with Crippen LogP contribution in [0.1, 0.15) is 0 Å². The third-order valence-corrected chi connectivity index (χ3v) is 5.86. The van der Waals surface area contributed by atoms with Crippen LogP contribution in [-0.2, 0) is 18.0 Å². The first-order valence-corrected chi connectivity index (χ1v) is 18.2. The zero-order valence-corrected chi connectivity index (χ0v) is 18.6. The molecule has 0 spiro atoms. The lowest BCUT2D eigenvalue weighted by Crippen LogP contribution is -2.61. The molecule has 8 heteroatoms.